The van der Waals surface area contributed by atoms with E-state index in [1.165, 1.54) is 39.8 Å². The number of halogens is 1. The third-order valence-corrected chi connectivity index (χ3v) is 5.99. The molecule has 1 nitrogen and oxygen atoms in total. The summed E-state index contributed by atoms with van der Waals surface area (Å²) < 4.78 is 5.75. The molecule has 2 heteroatoms. The van der Waals surface area contributed by atoms with Crippen LogP contribution < -0.4 is 0 Å². The number of methoxy groups -OCH3 is 1. The summed E-state index contributed by atoms with van der Waals surface area (Å²) in [7, 11) is 1.83. The molecule has 0 amide bonds. The van der Waals surface area contributed by atoms with Gasteiger partial charge in [-0.3, -0.25) is 0 Å². The first-order chi connectivity index (χ1) is 9.33. The zero-order valence-corrected chi connectivity index (χ0v) is 14.4. The number of benzene rings is 1. The van der Waals surface area contributed by atoms with Gasteiger partial charge >= 0.3 is 0 Å². The molecule has 1 aromatic rings. The highest BCUT2D eigenvalue weighted by atomic mass is 35.5. The molecule has 0 aromatic heterocycles. The fourth-order valence-electron chi connectivity index (χ4n) is 3.49. The molecule has 0 spiro atoms. The van der Waals surface area contributed by atoms with Gasteiger partial charge in [0.15, 0.2) is 0 Å². The largest absolute Gasteiger partial charge is 0.378 e. The van der Waals surface area contributed by atoms with Gasteiger partial charge in [0.2, 0.25) is 0 Å². The van der Waals surface area contributed by atoms with Crippen molar-refractivity contribution in [2.45, 2.75) is 71.3 Å². The zero-order chi connectivity index (χ0) is 15.1. The van der Waals surface area contributed by atoms with E-state index in [2.05, 4.69) is 34.6 Å². The Labute approximate surface area is 128 Å². The van der Waals surface area contributed by atoms with Crippen molar-refractivity contribution in [3.63, 3.8) is 0 Å². The van der Waals surface area contributed by atoms with E-state index in [-0.39, 0.29) is 11.0 Å². The first kappa shape index (κ1) is 15.9. The molecule has 112 valence electrons. The Morgan fingerprint density at radius 2 is 1.40 bits per heavy atom. The van der Waals surface area contributed by atoms with Crippen molar-refractivity contribution >= 4 is 11.6 Å². The highest BCUT2D eigenvalue weighted by Crippen LogP contribution is 2.45. The zero-order valence-electron chi connectivity index (χ0n) is 13.7. The van der Waals surface area contributed by atoms with E-state index in [0.717, 1.165) is 19.3 Å². The number of hydrogen-bond acceptors (Lipinski definition) is 1. The lowest BCUT2D eigenvalue weighted by Crippen LogP contribution is -2.40. The van der Waals surface area contributed by atoms with Crippen LogP contribution in [0.25, 0.3) is 0 Å². The molecule has 20 heavy (non-hydrogen) atoms. The Bertz CT molecular complexity index is 480. The van der Waals surface area contributed by atoms with Gasteiger partial charge in [-0.2, -0.15) is 0 Å². The second kappa shape index (κ2) is 5.69. The van der Waals surface area contributed by atoms with E-state index in [4.69, 9.17) is 16.3 Å². The summed E-state index contributed by atoms with van der Waals surface area (Å²) in [6.45, 7) is 11.0. The summed E-state index contributed by atoms with van der Waals surface area (Å²) >= 11 is 6.81. The van der Waals surface area contributed by atoms with Gasteiger partial charge in [-0.15, -0.1) is 11.6 Å². The number of hydrogen-bond donors (Lipinski definition) is 0. The van der Waals surface area contributed by atoms with E-state index in [0.29, 0.717) is 0 Å². The molecule has 1 fully saturated rings. The van der Waals surface area contributed by atoms with Gasteiger partial charge in [-0.25, -0.2) is 0 Å². The van der Waals surface area contributed by atoms with Crippen molar-refractivity contribution in [3.05, 3.63) is 33.4 Å². The van der Waals surface area contributed by atoms with Crippen molar-refractivity contribution in [1.82, 2.24) is 0 Å². The first-order valence-corrected chi connectivity index (χ1v) is 8.02. The Hall–Kier alpha value is -0.530. The Morgan fingerprint density at radius 1 is 0.950 bits per heavy atom. The second-order valence-electron chi connectivity index (χ2n) is 6.45. The second-order valence-corrected chi connectivity index (χ2v) is 6.98. The van der Waals surface area contributed by atoms with Crippen LogP contribution in [0.5, 0.6) is 0 Å². The van der Waals surface area contributed by atoms with Crippen LogP contribution in [0.2, 0.25) is 0 Å². The van der Waals surface area contributed by atoms with E-state index < -0.39 is 0 Å². The van der Waals surface area contributed by atoms with Gasteiger partial charge in [-0.1, -0.05) is 0 Å². The molecular weight excluding hydrogens is 268 g/mol. The average Bonchev–Trinajstić information content (AvgIpc) is 2.38. The Kier molecular flexibility index (Phi) is 4.51. The van der Waals surface area contributed by atoms with Crippen LogP contribution in [0.4, 0.5) is 0 Å². The molecule has 2 rings (SSSR count). The molecule has 0 saturated heterocycles. The molecule has 0 radical (unpaired) electrons. The Morgan fingerprint density at radius 3 is 1.75 bits per heavy atom. The van der Waals surface area contributed by atoms with E-state index in [1.807, 2.05) is 7.11 Å². The van der Waals surface area contributed by atoms with E-state index in [1.54, 1.807) is 0 Å². The number of rotatable bonds is 4. The van der Waals surface area contributed by atoms with Crippen LogP contribution >= 0.6 is 11.6 Å². The molecule has 0 bridgehead atoms. The van der Waals surface area contributed by atoms with Crippen molar-refractivity contribution in [2.75, 3.05) is 7.11 Å². The van der Waals surface area contributed by atoms with Crippen LogP contribution in [-0.4, -0.2) is 12.7 Å². The predicted molar refractivity (Wildman–Crippen MR) is 86.9 cm³/mol. The number of ether oxygens (including phenoxy) is 1. The lowest BCUT2D eigenvalue weighted by molar-refractivity contribution is -0.0780. The van der Waals surface area contributed by atoms with Gasteiger partial charge in [0.05, 0.1) is 11.0 Å². The summed E-state index contributed by atoms with van der Waals surface area (Å²) in [4.78, 5) is 0. The molecule has 1 atom stereocenters. The lowest BCUT2D eigenvalue weighted by atomic mass is 9.75. The molecule has 1 aliphatic carbocycles. The van der Waals surface area contributed by atoms with Crippen LogP contribution in [0.15, 0.2) is 0 Å². The van der Waals surface area contributed by atoms with Crippen LogP contribution in [0, 0.1) is 34.6 Å². The van der Waals surface area contributed by atoms with Crippen molar-refractivity contribution < 1.29 is 4.74 Å². The fourth-order valence-corrected chi connectivity index (χ4v) is 4.10. The molecule has 0 aliphatic heterocycles. The summed E-state index contributed by atoms with van der Waals surface area (Å²) in [5, 5.41) is 0.0493. The fraction of sp³-hybridized carbons (Fsp3) is 0.667. The maximum atomic E-state index is 6.81. The van der Waals surface area contributed by atoms with Gasteiger partial charge in [0.1, 0.15) is 0 Å². The lowest BCUT2D eigenvalue weighted by Gasteiger charge is -2.42. The molecule has 0 heterocycles. The molecular formula is C18H27ClO. The van der Waals surface area contributed by atoms with E-state index >= 15 is 0 Å². The first-order valence-electron chi connectivity index (χ1n) is 7.59. The monoisotopic (exact) mass is 294 g/mol. The van der Waals surface area contributed by atoms with Gasteiger partial charge in [0.25, 0.3) is 0 Å². The minimum absolute atomic E-state index is 0.0258. The summed E-state index contributed by atoms with van der Waals surface area (Å²) in [6.07, 6.45) is 4.49. The summed E-state index contributed by atoms with van der Waals surface area (Å²) in [6, 6.07) is 0. The van der Waals surface area contributed by atoms with E-state index in [9.17, 15) is 0 Å². The predicted octanol–water partition coefficient (Wildman–Crippen LogP) is 5.47. The maximum Gasteiger partial charge on any atom is 0.0696 e. The maximum absolute atomic E-state index is 6.81. The smallest absolute Gasteiger partial charge is 0.0696 e. The average molecular weight is 295 g/mol. The van der Waals surface area contributed by atoms with Gasteiger partial charge in [0, 0.05) is 7.11 Å². The third kappa shape index (κ3) is 2.51. The van der Waals surface area contributed by atoms with Crippen LogP contribution in [0.3, 0.4) is 0 Å². The van der Waals surface area contributed by atoms with Crippen molar-refractivity contribution in [2.24, 2.45) is 0 Å². The van der Waals surface area contributed by atoms with Gasteiger partial charge < -0.3 is 4.74 Å². The molecule has 1 aromatic carbocycles. The minimum atomic E-state index is 0.0258. The SMILES string of the molecule is COC1(CC(Cl)c2c(C)c(C)c(C)c(C)c2C)CCC1. The van der Waals surface area contributed by atoms with Crippen LogP contribution in [-0.2, 0) is 4.74 Å². The van der Waals surface area contributed by atoms with Gasteiger partial charge in [-0.05, 0) is 93.7 Å². The quantitative estimate of drug-likeness (QED) is 0.669. The third-order valence-electron chi connectivity index (χ3n) is 5.62. The molecule has 1 aliphatic rings. The highest BCUT2D eigenvalue weighted by molar-refractivity contribution is 6.21. The van der Waals surface area contributed by atoms with Crippen LogP contribution in [0.1, 0.15) is 64.4 Å². The minimum Gasteiger partial charge on any atom is -0.378 e. The van der Waals surface area contributed by atoms with Crippen molar-refractivity contribution in [1.29, 1.82) is 0 Å². The highest BCUT2D eigenvalue weighted by Gasteiger charge is 2.39. The standard InChI is InChI=1S/C18H27ClO/c1-11-12(2)14(4)17(15(5)13(11)3)16(19)10-18(20-6)8-7-9-18/h16H,7-10H2,1-6H3. The number of alkyl halides is 1. The molecule has 1 unspecified atom stereocenters. The summed E-state index contributed by atoms with van der Waals surface area (Å²) in [5.41, 5.74) is 8.24. The molecule has 1 saturated carbocycles. The normalized spacial score (nSPS) is 18.8. The summed E-state index contributed by atoms with van der Waals surface area (Å²) in [5.74, 6) is 0. The molecule has 0 N–H and O–H groups in total. The Balaban J connectivity index is 2.37. The van der Waals surface area contributed by atoms with Crippen molar-refractivity contribution in [3.8, 4) is 0 Å². The topological polar surface area (TPSA) is 9.23 Å².